The minimum Gasteiger partial charge on any atom is -0.507 e. The minimum absolute atomic E-state index is 0.0777. The molecule has 1 aliphatic heterocycles. The highest BCUT2D eigenvalue weighted by atomic mass is 32.2. The van der Waals surface area contributed by atoms with Gasteiger partial charge >= 0.3 is 5.91 Å². The highest BCUT2D eigenvalue weighted by Crippen LogP contribution is 2.45. The first-order chi connectivity index (χ1) is 18.5. The molecule has 8 nitrogen and oxygen atoms in total. The van der Waals surface area contributed by atoms with Gasteiger partial charge < -0.3 is 14.9 Å². The lowest BCUT2D eigenvalue weighted by atomic mass is 9.95. The van der Waals surface area contributed by atoms with Crippen LogP contribution in [0.2, 0.25) is 0 Å². The fourth-order valence-corrected chi connectivity index (χ4v) is 5.97. The molecule has 3 aromatic carbocycles. The van der Waals surface area contributed by atoms with Crippen molar-refractivity contribution in [3.63, 3.8) is 0 Å². The van der Waals surface area contributed by atoms with Gasteiger partial charge in [-0.3, -0.25) is 14.5 Å². The van der Waals surface area contributed by atoms with Crippen molar-refractivity contribution >= 4 is 45.7 Å². The van der Waals surface area contributed by atoms with Crippen LogP contribution in [-0.2, 0) is 15.3 Å². The number of hydrogen-bond donors (Lipinski definition) is 2. The number of rotatable bonds is 8. The molecule has 1 fully saturated rings. The number of aliphatic hydroxyl groups is 1. The Bertz CT molecular complexity index is 1510. The molecule has 10 heteroatoms. The normalized spacial score (nSPS) is 16.7. The molecule has 1 aliphatic rings. The van der Waals surface area contributed by atoms with Crippen LogP contribution in [0.5, 0.6) is 11.5 Å². The Morgan fingerprint density at radius 1 is 1.03 bits per heavy atom. The predicted octanol–water partition coefficient (Wildman–Crippen LogP) is 5.56. The van der Waals surface area contributed by atoms with Crippen molar-refractivity contribution in [3.05, 3.63) is 101 Å². The Balaban J connectivity index is 1.58. The fraction of sp³-hybridized carbons (Fsp3) is 0.143. The summed E-state index contributed by atoms with van der Waals surface area (Å²) >= 11 is 2.66. The van der Waals surface area contributed by atoms with Crippen LogP contribution in [0.3, 0.4) is 0 Å². The molecule has 1 saturated heterocycles. The van der Waals surface area contributed by atoms with Crippen molar-refractivity contribution in [1.82, 2.24) is 10.2 Å². The maximum atomic E-state index is 13.4. The number of anilines is 1. The molecule has 0 saturated carbocycles. The van der Waals surface area contributed by atoms with E-state index in [9.17, 15) is 19.8 Å². The van der Waals surface area contributed by atoms with E-state index in [1.165, 1.54) is 34.1 Å². The summed E-state index contributed by atoms with van der Waals surface area (Å²) in [6, 6.07) is 22.0. The average molecular weight is 546 g/mol. The van der Waals surface area contributed by atoms with Gasteiger partial charge in [-0.15, -0.1) is 10.2 Å². The zero-order chi connectivity index (χ0) is 26.6. The summed E-state index contributed by atoms with van der Waals surface area (Å²) in [5, 5.41) is 30.2. The van der Waals surface area contributed by atoms with Crippen LogP contribution in [0.4, 0.5) is 5.13 Å². The molecular weight excluding hydrogens is 522 g/mol. The van der Waals surface area contributed by atoms with E-state index >= 15 is 0 Å². The summed E-state index contributed by atoms with van der Waals surface area (Å²) in [6.45, 7) is 2.09. The number of Topliss-reactive ketones (excluding diaryl/α,β-unsaturated/α-hetero) is 1. The van der Waals surface area contributed by atoms with Crippen molar-refractivity contribution < 1.29 is 24.5 Å². The van der Waals surface area contributed by atoms with Crippen LogP contribution in [-0.4, -0.2) is 38.7 Å². The summed E-state index contributed by atoms with van der Waals surface area (Å²) in [5.41, 5.74) is 1.90. The van der Waals surface area contributed by atoms with E-state index in [0.717, 1.165) is 5.56 Å². The van der Waals surface area contributed by atoms with Crippen LogP contribution in [0.25, 0.3) is 5.76 Å². The Kier molecular flexibility index (Phi) is 7.43. The molecule has 1 atom stereocenters. The third kappa shape index (κ3) is 5.00. The zero-order valence-electron chi connectivity index (χ0n) is 20.3. The third-order valence-electron chi connectivity index (χ3n) is 5.90. The molecule has 0 aliphatic carbocycles. The molecule has 1 unspecified atom stereocenters. The standard InChI is InChI=1S/C28H23N3O5S2/c1-2-36-21-15-19(13-14-20(21)32)23-22(24(33)18-11-7-4-8-12-18)25(34)26(35)31(23)27-29-30-28(38-27)37-16-17-9-5-3-6-10-17/h3-15,23,32-33H,2,16H2,1H3/b24-22-. The van der Waals surface area contributed by atoms with Gasteiger partial charge in [-0.1, -0.05) is 89.8 Å². The van der Waals surface area contributed by atoms with E-state index in [4.69, 9.17) is 4.74 Å². The number of benzene rings is 3. The second-order valence-corrected chi connectivity index (χ2v) is 10.5. The summed E-state index contributed by atoms with van der Waals surface area (Å²) in [6.07, 6.45) is 0. The molecule has 192 valence electrons. The van der Waals surface area contributed by atoms with Crippen LogP contribution >= 0.6 is 23.1 Å². The number of carbonyl (C=O) groups is 2. The van der Waals surface area contributed by atoms with Crippen molar-refractivity contribution in [2.24, 2.45) is 0 Å². The Hall–Kier alpha value is -4.15. The zero-order valence-corrected chi connectivity index (χ0v) is 21.9. The third-order valence-corrected chi connectivity index (χ3v) is 8.03. The highest BCUT2D eigenvalue weighted by Gasteiger charge is 2.48. The number of ketones is 1. The van der Waals surface area contributed by atoms with Crippen LogP contribution in [0.15, 0.2) is 88.8 Å². The number of phenols is 1. The molecule has 4 aromatic rings. The Morgan fingerprint density at radius 3 is 2.45 bits per heavy atom. The highest BCUT2D eigenvalue weighted by molar-refractivity contribution is 8.00. The van der Waals surface area contributed by atoms with Gasteiger partial charge in [0.1, 0.15) is 5.76 Å². The van der Waals surface area contributed by atoms with E-state index in [0.29, 0.717) is 27.8 Å². The summed E-state index contributed by atoms with van der Waals surface area (Å²) in [7, 11) is 0. The summed E-state index contributed by atoms with van der Waals surface area (Å²) in [4.78, 5) is 28.0. The molecule has 0 radical (unpaired) electrons. The first kappa shape index (κ1) is 25.5. The molecule has 1 amide bonds. The molecule has 0 bridgehead atoms. The van der Waals surface area contributed by atoms with E-state index in [2.05, 4.69) is 10.2 Å². The fourth-order valence-electron chi connectivity index (χ4n) is 4.15. The van der Waals surface area contributed by atoms with Crippen molar-refractivity contribution in [3.8, 4) is 11.5 Å². The van der Waals surface area contributed by atoms with Crippen molar-refractivity contribution in [1.29, 1.82) is 0 Å². The number of aliphatic hydroxyl groups excluding tert-OH is 1. The minimum atomic E-state index is -1.00. The Morgan fingerprint density at radius 2 is 1.74 bits per heavy atom. The number of thioether (sulfide) groups is 1. The number of aromatic hydroxyl groups is 1. The van der Waals surface area contributed by atoms with Crippen LogP contribution < -0.4 is 9.64 Å². The van der Waals surface area contributed by atoms with Gasteiger partial charge in [0.15, 0.2) is 15.8 Å². The number of nitrogens with zero attached hydrogens (tertiary/aromatic N) is 3. The van der Waals surface area contributed by atoms with E-state index in [1.54, 1.807) is 49.4 Å². The van der Waals surface area contributed by atoms with Gasteiger partial charge in [0.05, 0.1) is 18.2 Å². The number of aromatic nitrogens is 2. The van der Waals surface area contributed by atoms with Crippen LogP contribution in [0, 0.1) is 0 Å². The molecular formula is C28H23N3O5S2. The van der Waals surface area contributed by atoms with E-state index in [-0.39, 0.29) is 28.0 Å². The van der Waals surface area contributed by atoms with Crippen LogP contribution in [0.1, 0.15) is 29.7 Å². The van der Waals surface area contributed by atoms with Crippen molar-refractivity contribution in [2.45, 2.75) is 23.1 Å². The Labute approximate surface area is 227 Å². The topological polar surface area (TPSA) is 113 Å². The largest absolute Gasteiger partial charge is 0.507 e. The van der Waals surface area contributed by atoms with E-state index in [1.807, 2.05) is 30.3 Å². The van der Waals surface area contributed by atoms with Gasteiger partial charge in [-0.25, -0.2) is 0 Å². The molecule has 2 heterocycles. The van der Waals surface area contributed by atoms with Gasteiger partial charge in [0.25, 0.3) is 5.78 Å². The molecule has 5 rings (SSSR count). The monoisotopic (exact) mass is 545 g/mol. The number of phenolic OH excluding ortho intramolecular Hbond substituents is 1. The van der Waals surface area contributed by atoms with Gasteiger partial charge in [-0.2, -0.15) is 0 Å². The first-order valence-electron chi connectivity index (χ1n) is 11.8. The summed E-state index contributed by atoms with van der Waals surface area (Å²) in [5.74, 6) is -1.17. The lowest BCUT2D eigenvalue weighted by Crippen LogP contribution is -2.29. The molecule has 2 N–H and O–H groups in total. The number of ether oxygens (including phenoxy) is 1. The second-order valence-electron chi connectivity index (χ2n) is 8.32. The van der Waals surface area contributed by atoms with Crippen molar-refractivity contribution in [2.75, 3.05) is 11.5 Å². The van der Waals surface area contributed by atoms with E-state index < -0.39 is 17.7 Å². The lowest BCUT2D eigenvalue weighted by Gasteiger charge is -2.23. The lowest BCUT2D eigenvalue weighted by molar-refractivity contribution is -0.132. The quantitative estimate of drug-likeness (QED) is 0.0973. The predicted molar refractivity (Wildman–Crippen MR) is 146 cm³/mol. The number of hydrogen-bond acceptors (Lipinski definition) is 9. The molecule has 38 heavy (non-hydrogen) atoms. The molecule has 0 spiro atoms. The number of carbonyl (C=O) groups excluding carboxylic acids is 2. The van der Waals surface area contributed by atoms with Gasteiger partial charge in [0.2, 0.25) is 5.13 Å². The number of amides is 1. The SMILES string of the molecule is CCOc1cc(C2/C(=C(/O)c3ccccc3)C(=O)C(=O)N2c2nnc(SCc3ccccc3)s2)ccc1O. The summed E-state index contributed by atoms with van der Waals surface area (Å²) < 4.78 is 6.18. The smallest absolute Gasteiger partial charge is 0.301 e. The maximum Gasteiger partial charge on any atom is 0.301 e. The van der Waals surface area contributed by atoms with Gasteiger partial charge in [0, 0.05) is 11.3 Å². The average Bonchev–Trinajstić information content (AvgIpc) is 3.51. The van der Waals surface area contributed by atoms with Gasteiger partial charge in [-0.05, 0) is 30.2 Å². The first-order valence-corrected chi connectivity index (χ1v) is 13.6. The maximum absolute atomic E-state index is 13.4. The molecule has 1 aromatic heterocycles. The second kappa shape index (κ2) is 11.1.